The van der Waals surface area contributed by atoms with E-state index in [-0.39, 0.29) is 23.0 Å². The number of carbonyl (C=O) groups is 4. The minimum atomic E-state index is -0.535. The molecule has 0 amide bonds. The predicted octanol–water partition coefficient (Wildman–Crippen LogP) is 12.3. The summed E-state index contributed by atoms with van der Waals surface area (Å²) in [5.74, 6) is -4.28. The Hall–Kier alpha value is -3.94. The summed E-state index contributed by atoms with van der Waals surface area (Å²) < 4.78 is 24.9. The standard InChI is InChI=1S/C46H68O8/c1-9-17-26-34(13-5)43(47)51-39-32-38(31-30-33-24-22-21-23-25-33)40(52-44(48)35(14-6)27-18-10-2)42(54-46(50)37(16-8)29-20-12-4)41(39)53-45(49)36(15-7)28-19-11-3/h21-25,30-32,34-37H,9-20,26-29H2,1-8H3. The number of esters is 4. The number of carbonyl (C=O) groups excluding carboxylic acids is 4. The maximum Gasteiger partial charge on any atom is 0.314 e. The van der Waals surface area contributed by atoms with Gasteiger partial charge < -0.3 is 18.9 Å². The van der Waals surface area contributed by atoms with Gasteiger partial charge in [-0.25, -0.2) is 0 Å². The van der Waals surface area contributed by atoms with Crippen molar-refractivity contribution in [2.75, 3.05) is 0 Å². The molecule has 0 heterocycles. The summed E-state index contributed by atoms with van der Waals surface area (Å²) in [6.07, 6.45) is 15.2. The van der Waals surface area contributed by atoms with Crippen molar-refractivity contribution in [1.82, 2.24) is 0 Å². The summed E-state index contributed by atoms with van der Waals surface area (Å²) in [7, 11) is 0. The van der Waals surface area contributed by atoms with E-state index in [0.29, 0.717) is 56.9 Å². The summed E-state index contributed by atoms with van der Waals surface area (Å²) in [5, 5.41) is 0. The summed E-state index contributed by atoms with van der Waals surface area (Å²) in [6.45, 7) is 16.0. The first-order valence-corrected chi connectivity index (χ1v) is 20.9. The normalized spacial score (nSPS) is 13.6. The average molecular weight is 749 g/mol. The maximum absolute atomic E-state index is 14.1. The molecule has 0 fully saturated rings. The summed E-state index contributed by atoms with van der Waals surface area (Å²) in [6, 6.07) is 11.2. The molecule has 0 saturated carbocycles. The molecule has 2 aromatic rings. The zero-order valence-electron chi connectivity index (χ0n) is 34.5. The van der Waals surface area contributed by atoms with E-state index in [0.717, 1.165) is 56.9 Å². The van der Waals surface area contributed by atoms with Gasteiger partial charge in [0, 0.05) is 5.56 Å². The van der Waals surface area contributed by atoms with Gasteiger partial charge in [-0.1, -0.05) is 149 Å². The molecule has 0 spiro atoms. The van der Waals surface area contributed by atoms with Crippen molar-refractivity contribution in [2.45, 2.75) is 158 Å². The molecule has 2 aromatic carbocycles. The molecule has 8 heteroatoms. The van der Waals surface area contributed by atoms with E-state index in [4.69, 9.17) is 18.9 Å². The van der Waals surface area contributed by atoms with E-state index < -0.39 is 47.5 Å². The SMILES string of the molecule is CCCCC(CC)C(=O)Oc1cc(C=Cc2ccccc2)c(OC(=O)C(CC)CCCC)c(OC(=O)C(CC)CCCC)c1OC(=O)C(CC)CCCC. The van der Waals surface area contributed by atoms with E-state index in [9.17, 15) is 19.2 Å². The van der Waals surface area contributed by atoms with Gasteiger partial charge in [0.1, 0.15) is 0 Å². The molecule has 0 aliphatic carbocycles. The molecule has 0 radical (unpaired) electrons. The first kappa shape index (κ1) is 46.2. The van der Waals surface area contributed by atoms with Crippen LogP contribution in [0.4, 0.5) is 0 Å². The van der Waals surface area contributed by atoms with Gasteiger partial charge in [-0.2, -0.15) is 0 Å². The van der Waals surface area contributed by atoms with Crippen molar-refractivity contribution in [3.8, 4) is 23.0 Å². The Kier molecular flexibility index (Phi) is 22.2. The number of rotatable bonds is 26. The van der Waals surface area contributed by atoms with Gasteiger partial charge in [0.25, 0.3) is 0 Å². The van der Waals surface area contributed by atoms with Crippen LogP contribution in [-0.2, 0) is 19.2 Å². The van der Waals surface area contributed by atoms with Gasteiger partial charge in [-0.05, 0) is 63.0 Å². The molecule has 2 rings (SSSR count). The Balaban J connectivity index is 3.02. The third-order valence-corrected chi connectivity index (χ3v) is 10.2. The maximum atomic E-state index is 14.1. The molecule has 0 aliphatic rings. The second kappa shape index (κ2) is 26.0. The molecule has 0 saturated heterocycles. The van der Waals surface area contributed by atoms with Crippen LogP contribution >= 0.6 is 0 Å². The molecule has 4 atom stereocenters. The smallest absolute Gasteiger partial charge is 0.314 e. The van der Waals surface area contributed by atoms with E-state index in [1.807, 2.05) is 64.1 Å². The van der Waals surface area contributed by atoms with Crippen molar-refractivity contribution >= 4 is 36.0 Å². The molecule has 300 valence electrons. The second-order valence-electron chi connectivity index (χ2n) is 14.4. The minimum absolute atomic E-state index is 0.0527. The van der Waals surface area contributed by atoms with E-state index >= 15 is 0 Å². The second-order valence-corrected chi connectivity index (χ2v) is 14.4. The Morgan fingerprint density at radius 3 is 1.24 bits per heavy atom. The zero-order chi connectivity index (χ0) is 39.9. The minimum Gasteiger partial charge on any atom is -0.422 e. The van der Waals surface area contributed by atoms with E-state index in [2.05, 4.69) is 27.7 Å². The van der Waals surface area contributed by atoms with Gasteiger partial charge in [-0.3, -0.25) is 19.2 Å². The average Bonchev–Trinajstić information content (AvgIpc) is 3.17. The van der Waals surface area contributed by atoms with Crippen LogP contribution in [-0.4, -0.2) is 23.9 Å². The Bertz CT molecular complexity index is 1460. The van der Waals surface area contributed by atoms with Crippen LogP contribution in [0.5, 0.6) is 23.0 Å². The first-order chi connectivity index (χ1) is 26.1. The fraction of sp³-hybridized carbons (Fsp3) is 0.609. The molecule has 0 N–H and O–H groups in total. The molecule has 54 heavy (non-hydrogen) atoms. The third kappa shape index (κ3) is 14.7. The third-order valence-electron chi connectivity index (χ3n) is 10.2. The fourth-order valence-corrected chi connectivity index (χ4v) is 6.36. The fourth-order valence-electron chi connectivity index (χ4n) is 6.36. The molecule has 4 unspecified atom stereocenters. The molecular weight excluding hydrogens is 680 g/mol. The molecule has 0 aliphatic heterocycles. The quantitative estimate of drug-likeness (QED) is 0.0532. The lowest BCUT2D eigenvalue weighted by Gasteiger charge is -2.24. The number of hydrogen-bond donors (Lipinski definition) is 0. The number of ether oxygens (including phenoxy) is 4. The first-order valence-electron chi connectivity index (χ1n) is 20.9. The molecule has 8 nitrogen and oxygen atoms in total. The highest BCUT2D eigenvalue weighted by Gasteiger charge is 2.34. The lowest BCUT2D eigenvalue weighted by Crippen LogP contribution is -2.26. The van der Waals surface area contributed by atoms with Crippen LogP contribution in [0.2, 0.25) is 0 Å². The Labute approximate surface area is 325 Å². The lowest BCUT2D eigenvalue weighted by atomic mass is 9.99. The summed E-state index contributed by atoms with van der Waals surface area (Å²) >= 11 is 0. The highest BCUT2D eigenvalue weighted by molar-refractivity contribution is 5.88. The highest BCUT2D eigenvalue weighted by Crippen LogP contribution is 2.49. The van der Waals surface area contributed by atoms with E-state index in [1.165, 1.54) is 0 Å². The zero-order valence-corrected chi connectivity index (χ0v) is 34.5. The monoisotopic (exact) mass is 748 g/mol. The highest BCUT2D eigenvalue weighted by atomic mass is 16.6. The van der Waals surface area contributed by atoms with Crippen LogP contribution in [0.3, 0.4) is 0 Å². The van der Waals surface area contributed by atoms with Crippen LogP contribution < -0.4 is 18.9 Å². The van der Waals surface area contributed by atoms with Crippen LogP contribution in [0.15, 0.2) is 36.4 Å². The van der Waals surface area contributed by atoms with E-state index in [1.54, 1.807) is 12.1 Å². The van der Waals surface area contributed by atoms with Crippen LogP contribution in [0.25, 0.3) is 12.2 Å². The largest absolute Gasteiger partial charge is 0.422 e. The van der Waals surface area contributed by atoms with Crippen molar-refractivity contribution in [3.05, 3.63) is 47.5 Å². The van der Waals surface area contributed by atoms with Gasteiger partial charge in [0.2, 0.25) is 11.5 Å². The topological polar surface area (TPSA) is 105 Å². The van der Waals surface area contributed by atoms with Crippen LogP contribution in [0, 0.1) is 23.7 Å². The Morgan fingerprint density at radius 2 is 0.852 bits per heavy atom. The van der Waals surface area contributed by atoms with Crippen molar-refractivity contribution in [1.29, 1.82) is 0 Å². The van der Waals surface area contributed by atoms with Crippen LogP contribution in [0.1, 0.15) is 169 Å². The van der Waals surface area contributed by atoms with Crippen molar-refractivity contribution in [3.63, 3.8) is 0 Å². The van der Waals surface area contributed by atoms with Gasteiger partial charge in [-0.15, -0.1) is 0 Å². The van der Waals surface area contributed by atoms with Crippen molar-refractivity contribution < 1.29 is 38.1 Å². The molecule has 0 bridgehead atoms. The van der Waals surface area contributed by atoms with Gasteiger partial charge in [0.05, 0.1) is 23.7 Å². The number of hydrogen-bond acceptors (Lipinski definition) is 8. The lowest BCUT2D eigenvalue weighted by molar-refractivity contribution is -0.144. The number of benzene rings is 2. The summed E-state index contributed by atoms with van der Waals surface area (Å²) in [5.41, 5.74) is 1.21. The summed E-state index contributed by atoms with van der Waals surface area (Å²) in [4.78, 5) is 55.8. The van der Waals surface area contributed by atoms with Gasteiger partial charge in [0.15, 0.2) is 11.5 Å². The number of unbranched alkanes of at least 4 members (excludes halogenated alkanes) is 4. The Morgan fingerprint density at radius 1 is 0.481 bits per heavy atom. The molecular formula is C46H68O8. The van der Waals surface area contributed by atoms with Gasteiger partial charge >= 0.3 is 23.9 Å². The molecule has 0 aromatic heterocycles. The predicted molar refractivity (Wildman–Crippen MR) is 218 cm³/mol. The van der Waals surface area contributed by atoms with Crippen molar-refractivity contribution in [2.24, 2.45) is 23.7 Å².